The second-order valence-electron chi connectivity index (χ2n) is 7.96. The van der Waals surface area contributed by atoms with Crippen LogP contribution in [0.1, 0.15) is 51.0 Å². The third-order valence-electron chi connectivity index (χ3n) is 5.50. The summed E-state index contributed by atoms with van der Waals surface area (Å²) in [5.74, 6) is 0.410. The van der Waals surface area contributed by atoms with Gasteiger partial charge < -0.3 is 15.0 Å². The average Bonchev–Trinajstić information content (AvgIpc) is 3.17. The number of nitrogens with zero attached hydrogens (tertiary/aromatic N) is 3. The quantitative estimate of drug-likeness (QED) is 0.619. The van der Waals surface area contributed by atoms with Crippen molar-refractivity contribution in [3.05, 3.63) is 82.7 Å². The molecule has 166 valence electrons. The highest BCUT2D eigenvalue weighted by atomic mass is 16.5. The zero-order valence-corrected chi connectivity index (χ0v) is 18.5. The maximum Gasteiger partial charge on any atom is 0.272 e. The van der Waals surface area contributed by atoms with Crippen molar-refractivity contribution in [3.63, 3.8) is 0 Å². The van der Waals surface area contributed by atoms with Crippen molar-refractivity contribution in [2.75, 3.05) is 13.2 Å². The van der Waals surface area contributed by atoms with Crippen LogP contribution in [0, 0.1) is 6.92 Å². The van der Waals surface area contributed by atoms with E-state index in [2.05, 4.69) is 22.5 Å². The van der Waals surface area contributed by atoms with Gasteiger partial charge in [0.15, 0.2) is 5.69 Å². The number of fused-ring (bicyclic) bond motifs is 1. The van der Waals surface area contributed by atoms with E-state index in [1.54, 1.807) is 10.7 Å². The summed E-state index contributed by atoms with van der Waals surface area (Å²) in [5, 5.41) is 7.28. The smallest absolute Gasteiger partial charge is 0.272 e. The lowest BCUT2D eigenvalue weighted by molar-refractivity contribution is 0.0745. The van der Waals surface area contributed by atoms with Gasteiger partial charge in [-0.25, -0.2) is 0 Å². The molecule has 0 atom stereocenters. The Morgan fingerprint density at radius 2 is 1.78 bits per heavy atom. The lowest BCUT2D eigenvalue weighted by atomic mass is 10.1. The van der Waals surface area contributed by atoms with Gasteiger partial charge in [0.1, 0.15) is 11.4 Å². The van der Waals surface area contributed by atoms with E-state index >= 15 is 0 Å². The Kier molecular flexibility index (Phi) is 6.54. The third-order valence-corrected chi connectivity index (χ3v) is 5.50. The fourth-order valence-electron chi connectivity index (χ4n) is 3.75. The molecule has 1 aliphatic rings. The van der Waals surface area contributed by atoms with Gasteiger partial charge in [-0.05, 0) is 43.5 Å². The molecule has 0 aliphatic carbocycles. The van der Waals surface area contributed by atoms with Crippen LogP contribution in [0.15, 0.2) is 54.6 Å². The van der Waals surface area contributed by atoms with Crippen molar-refractivity contribution in [2.24, 2.45) is 0 Å². The maximum absolute atomic E-state index is 13.1. The first kappa shape index (κ1) is 21.6. The summed E-state index contributed by atoms with van der Waals surface area (Å²) in [6.45, 7) is 6.79. The second-order valence-corrected chi connectivity index (χ2v) is 7.96. The summed E-state index contributed by atoms with van der Waals surface area (Å²) in [5.41, 5.74) is 3.96. The number of hydrogen-bond donors (Lipinski definition) is 1. The van der Waals surface area contributed by atoms with Gasteiger partial charge in [0.25, 0.3) is 11.8 Å². The Labute approximate surface area is 188 Å². The number of amides is 2. The molecule has 0 radical (unpaired) electrons. The van der Waals surface area contributed by atoms with Crippen LogP contribution in [0.5, 0.6) is 5.75 Å². The summed E-state index contributed by atoms with van der Waals surface area (Å²) >= 11 is 0. The molecule has 0 fully saturated rings. The Hall–Kier alpha value is -3.61. The molecule has 7 heteroatoms. The lowest BCUT2D eigenvalue weighted by Gasteiger charge is -2.20. The highest BCUT2D eigenvalue weighted by molar-refractivity contribution is 5.98. The van der Waals surface area contributed by atoms with E-state index in [-0.39, 0.29) is 17.5 Å². The summed E-state index contributed by atoms with van der Waals surface area (Å²) in [6, 6.07) is 17.4. The Morgan fingerprint density at radius 3 is 2.50 bits per heavy atom. The van der Waals surface area contributed by atoms with Crippen LogP contribution in [-0.2, 0) is 19.6 Å². The monoisotopic (exact) mass is 432 g/mol. The normalized spacial score (nSPS) is 13.4. The highest BCUT2D eigenvalue weighted by Gasteiger charge is 2.26. The zero-order chi connectivity index (χ0) is 22.5. The molecule has 2 aromatic carbocycles. The van der Waals surface area contributed by atoms with Crippen LogP contribution in [-0.4, -0.2) is 39.6 Å². The number of nitrogens with one attached hydrogen (secondary N) is 1. The molecule has 1 aromatic heterocycles. The summed E-state index contributed by atoms with van der Waals surface area (Å²) in [7, 11) is 0. The molecule has 2 amide bonds. The number of aryl methyl sites for hydroxylation is 2. The standard InChI is InChI=1S/C25H28N4O3/c1-3-32-21-11-9-19(10-12-21)16-26-24(30)22-15-23-25(31)28(13-4-14-29(23)27-22)17-20-7-5-18(2)6-8-20/h5-12,15H,3-4,13-14,16-17H2,1-2H3,(H,26,30). The average molecular weight is 433 g/mol. The molecular formula is C25H28N4O3. The Morgan fingerprint density at radius 1 is 1.06 bits per heavy atom. The first-order valence-electron chi connectivity index (χ1n) is 11.0. The van der Waals surface area contributed by atoms with Crippen LogP contribution in [0.2, 0.25) is 0 Å². The summed E-state index contributed by atoms with van der Waals surface area (Å²) in [6.07, 6.45) is 0.791. The van der Waals surface area contributed by atoms with Gasteiger partial charge >= 0.3 is 0 Å². The van der Waals surface area contributed by atoms with E-state index in [0.29, 0.717) is 38.5 Å². The van der Waals surface area contributed by atoms with Gasteiger partial charge in [0, 0.05) is 32.2 Å². The fraction of sp³-hybridized carbons (Fsp3) is 0.320. The van der Waals surface area contributed by atoms with Gasteiger partial charge in [-0.1, -0.05) is 42.0 Å². The van der Waals surface area contributed by atoms with E-state index in [1.165, 1.54) is 5.56 Å². The molecule has 0 unspecified atom stereocenters. The van der Waals surface area contributed by atoms with Crippen LogP contribution < -0.4 is 10.1 Å². The van der Waals surface area contributed by atoms with E-state index in [1.807, 2.05) is 55.1 Å². The largest absolute Gasteiger partial charge is 0.494 e. The van der Waals surface area contributed by atoms with Crippen molar-refractivity contribution >= 4 is 11.8 Å². The molecule has 32 heavy (non-hydrogen) atoms. The topological polar surface area (TPSA) is 76.5 Å². The molecule has 1 N–H and O–H groups in total. The minimum absolute atomic E-state index is 0.0962. The molecule has 2 heterocycles. The molecule has 3 aromatic rings. The van der Waals surface area contributed by atoms with E-state index in [0.717, 1.165) is 23.3 Å². The van der Waals surface area contributed by atoms with Gasteiger partial charge in [-0.2, -0.15) is 5.10 Å². The molecular weight excluding hydrogens is 404 g/mol. The number of benzene rings is 2. The number of carbonyl (C=O) groups is 2. The van der Waals surface area contributed by atoms with Gasteiger partial charge in [0.05, 0.1) is 6.61 Å². The van der Waals surface area contributed by atoms with Crippen LogP contribution >= 0.6 is 0 Å². The van der Waals surface area contributed by atoms with Gasteiger partial charge in [-0.3, -0.25) is 14.3 Å². The first-order valence-corrected chi connectivity index (χ1v) is 11.0. The van der Waals surface area contributed by atoms with E-state index in [9.17, 15) is 9.59 Å². The summed E-state index contributed by atoms with van der Waals surface area (Å²) < 4.78 is 7.09. The Balaban J connectivity index is 1.42. The van der Waals surface area contributed by atoms with Crippen molar-refractivity contribution in [2.45, 2.75) is 39.9 Å². The molecule has 1 aliphatic heterocycles. The molecule has 7 nitrogen and oxygen atoms in total. The lowest BCUT2D eigenvalue weighted by Crippen LogP contribution is -2.30. The SMILES string of the molecule is CCOc1ccc(CNC(=O)c2cc3n(n2)CCCN(Cc2ccc(C)cc2)C3=O)cc1. The highest BCUT2D eigenvalue weighted by Crippen LogP contribution is 2.17. The molecule has 0 saturated carbocycles. The van der Waals surface area contributed by atoms with Gasteiger partial charge in [0.2, 0.25) is 0 Å². The van der Waals surface area contributed by atoms with Gasteiger partial charge in [-0.15, -0.1) is 0 Å². The van der Waals surface area contributed by atoms with E-state index < -0.39 is 0 Å². The van der Waals surface area contributed by atoms with Crippen molar-refractivity contribution in [1.29, 1.82) is 0 Å². The number of ether oxygens (including phenoxy) is 1. The van der Waals surface area contributed by atoms with Crippen LogP contribution in [0.25, 0.3) is 0 Å². The molecule has 0 bridgehead atoms. The second kappa shape index (κ2) is 9.68. The first-order chi connectivity index (χ1) is 15.5. The Bertz CT molecular complexity index is 1090. The third kappa shape index (κ3) is 4.99. The number of aromatic nitrogens is 2. The zero-order valence-electron chi connectivity index (χ0n) is 18.5. The van der Waals surface area contributed by atoms with Crippen molar-refractivity contribution < 1.29 is 14.3 Å². The predicted octanol–water partition coefficient (Wildman–Crippen LogP) is 3.57. The molecule has 0 saturated heterocycles. The van der Waals surface area contributed by atoms with E-state index in [4.69, 9.17) is 4.74 Å². The van der Waals surface area contributed by atoms with Crippen molar-refractivity contribution in [3.8, 4) is 5.75 Å². The predicted molar refractivity (Wildman–Crippen MR) is 122 cm³/mol. The number of rotatable bonds is 7. The number of carbonyl (C=O) groups excluding carboxylic acids is 2. The minimum atomic E-state index is -0.294. The molecule has 0 spiro atoms. The number of hydrogen-bond acceptors (Lipinski definition) is 4. The van der Waals surface area contributed by atoms with Crippen molar-refractivity contribution in [1.82, 2.24) is 20.0 Å². The maximum atomic E-state index is 13.1. The fourth-order valence-corrected chi connectivity index (χ4v) is 3.75. The molecule has 4 rings (SSSR count). The minimum Gasteiger partial charge on any atom is -0.494 e. The summed E-state index contributed by atoms with van der Waals surface area (Å²) in [4.78, 5) is 27.6. The van der Waals surface area contributed by atoms with Crippen LogP contribution in [0.4, 0.5) is 0 Å². The van der Waals surface area contributed by atoms with Crippen LogP contribution in [0.3, 0.4) is 0 Å².